The van der Waals surface area contributed by atoms with E-state index >= 15 is 0 Å². The summed E-state index contributed by atoms with van der Waals surface area (Å²) in [6.45, 7) is 1.07. The van der Waals surface area contributed by atoms with E-state index in [2.05, 4.69) is 10.3 Å². The van der Waals surface area contributed by atoms with Crippen LogP contribution in [-0.4, -0.2) is 50.3 Å². The van der Waals surface area contributed by atoms with Gasteiger partial charge in [-0.15, -0.1) is 11.3 Å². The van der Waals surface area contributed by atoms with Crippen LogP contribution >= 0.6 is 11.3 Å². The number of anilines is 2. The molecule has 23 heavy (non-hydrogen) atoms. The zero-order valence-corrected chi connectivity index (χ0v) is 14.4. The number of carbonyl (C=O) groups excluding carboxylic acids is 1. The topological polar surface area (TPSA) is 68.7 Å². The minimum atomic E-state index is -0.124. The fraction of sp³-hybridized carbons (Fsp3) is 0.375. The smallest absolute Gasteiger partial charge is 0.251 e. The average Bonchev–Trinajstić information content (AvgIpc) is 3.02. The van der Waals surface area contributed by atoms with Crippen LogP contribution in [0.25, 0.3) is 0 Å². The Labute approximate surface area is 140 Å². The summed E-state index contributed by atoms with van der Waals surface area (Å²) in [6.07, 6.45) is 0. The fourth-order valence-corrected chi connectivity index (χ4v) is 2.76. The number of aliphatic hydroxyl groups excluding tert-OH is 1. The molecule has 0 bridgehead atoms. The van der Waals surface area contributed by atoms with Crippen LogP contribution in [0.15, 0.2) is 29.6 Å². The molecule has 0 fully saturated rings. The third kappa shape index (κ3) is 4.67. The minimum Gasteiger partial charge on any atom is -0.395 e. The lowest BCUT2D eigenvalue weighted by Crippen LogP contribution is -2.24. The number of hydrogen-bond donors (Lipinski definition) is 2. The molecular formula is C16H22N4O2S. The van der Waals surface area contributed by atoms with Crippen molar-refractivity contribution in [3.05, 3.63) is 40.9 Å². The number of aliphatic hydroxyl groups is 1. The number of nitrogens with one attached hydrogen (secondary N) is 1. The number of benzene rings is 1. The lowest BCUT2D eigenvalue weighted by Gasteiger charge is -2.17. The van der Waals surface area contributed by atoms with Gasteiger partial charge in [-0.05, 0) is 24.3 Å². The monoisotopic (exact) mass is 334 g/mol. The van der Waals surface area contributed by atoms with Crippen molar-refractivity contribution in [2.24, 2.45) is 0 Å². The second-order valence-electron chi connectivity index (χ2n) is 5.39. The predicted molar refractivity (Wildman–Crippen MR) is 94.4 cm³/mol. The van der Waals surface area contributed by atoms with Crippen molar-refractivity contribution in [3.63, 3.8) is 0 Å². The van der Waals surface area contributed by atoms with Crippen molar-refractivity contribution in [1.82, 2.24) is 10.3 Å². The lowest BCUT2D eigenvalue weighted by molar-refractivity contribution is 0.0950. The zero-order valence-electron chi connectivity index (χ0n) is 13.6. The molecule has 0 aliphatic carbocycles. The molecule has 0 saturated heterocycles. The van der Waals surface area contributed by atoms with Crippen molar-refractivity contribution in [3.8, 4) is 0 Å². The standard InChI is InChI=1S/C16H22N4O2S/c1-19(2)16-18-13(11-23-16)10-17-15(22)12-4-6-14(7-5-12)20(3)8-9-21/h4-7,11,21H,8-10H2,1-3H3,(H,17,22). The number of likely N-dealkylation sites (N-methyl/N-ethyl adjacent to an activating group) is 1. The maximum atomic E-state index is 12.2. The predicted octanol–water partition coefficient (Wildman–Crippen LogP) is 1.57. The van der Waals surface area contributed by atoms with E-state index in [0.717, 1.165) is 16.5 Å². The Hall–Kier alpha value is -2.12. The molecule has 0 unspecified atom stereocenters. The van der Waals surface area contributed by atoms with Gasteiger partial charge in [0.25, 0.3) is 5.91 Å². The highest BCUT2D eigenvalue weighted by Crippen LogP contribution is 2.18. The van der Waals surface area contributed by atoms with Gasteiger partial charge in [-0.25, -0.2) is 4.98 Å². The molecule has 1 heterocycles. The number of rotatable bonds is 7. The van der Waals surface area contributed by atoms with Gasteiger partial charge >= 0.3 is 0 Å². The van der Waals surface area contributed by atoms with Crippen molar-refractivity contribution in [2.45, 2.75) is 6.54 Å². The summed E-state index contributed by atoms with van der Waals surface area (Å²) >= 11 is 1.55. The molecule has 6 nitrogen and oxygen atoms in total. The highest BCUT2D eigenvalue weighted by atomic mass is 32.1. The summed E-state index contributed by atoms with van der Waals surface area (Å²) in [5.74, 6) is -0.124. The molecule has 0 aliphatic rings. The highest BCUT2D eigenvalue weighted by molar-refractivity contribution is 7.13. The number of carbonyl (C=O) groups is 1. The van der Waals surface area contributed by atoms with E-state index in [9.17, 15) is 4.79 Å². The molecule has 1 amide bonds. The normalized spacial score (nSPS) is 10.4. The van der Waals surface area contributed by atoms with Crippen LogP contribution < -0.4 is 15.1 Å². The molecule has 0 aliphatic heterocycles. The molecule has 0 saturated carbocycles. The summed E-state index contributed by atoms with van der Waals surface area (Å²) in [7, 11) is 5.78. The number of aromatic nitrogens is 1. The lowest BCUT2D eigenvalue weighted by atomic mass is 10.2. The molecule has 2 N–H and O–H groups in total. The van der Waals surface area contributed by atoms with E-state index in [-0.39, 0.29) is 12.5 Å². The zero-order chi connectivity index (χ0) is 16.8. The van der Waals surface area contributed by atoms with Crippen LogP contribution in [0, 0.1) is 0 Å². The average molecular weight is 334 g/mol. The van der Waals surface area contributed by atoms with Crippen LogP contribution in [-0.2, 0) is 6.54 Å². The molecule has 0 atom stereocenters. The van der Waals surface area contributed by atoms with Gasteiger partial charge < -0.3 is 20.2 Å². The first-order valence-electron chi connectivity index (χ1n) is 7.33. The molecule has 0 radical (unpaired) electrons. The summed E-state index contributed by atoms with van der Waals surface area (Å²) in [5, 5.41) is 14.7. The second-order valence-corrected chi connectivity index (χ2v) is 6.23. The quantitative estimate of drug-likeness (QED) is 0.804. The Balaban J connectivity index is 1.92. The molecule has 0 spiro atoms. The number of amides is 1. The minimum absolute atomic E-state index is 0.0985. The summed E-state index contributed by atoms with van der Waals surface area (Å²) in [4.78, 5) is 20.5. The van der Waals surface area contributed by atoms with Crippen LogP contribution in [0.2, 0.25) is 0 Å². The maximum Gasteiger partial charge on any atom is 0.251 e. The second kappa shape index (κ2) is 7.94. The van der Waals surface area contributed by atoms with Gasteiger partial charge in [-0.3, -0.25) is 4.79 Å². The van der Waals surface area contributed by atoms with Crippen molar-refractivity contribution in [2.75, 3.05) is 44.1 Å². The van der Waals surface area contributed by atoms with Crippen LogP contribution in [0.4, 0.5) is 10.8 Å². The molecule has 1 aromatic heterocycles. The van der Waals surface area contributed by atoms with Crippen molar-refractivity contribution >= 4 is 28.1 Å². The SMILES string of the molecule is CN(C)c1nc(CNC(=O)c2ccc(N(C)CCO)cc2)cs1. The molecule has 2 rings (SSSR count). The van der Waals surface area contributed by atoms with Gasteiger partial charge in [-0.2, -0.15) is 0 Å². The van der Waals surface area contributed by atoms with Gasteiger partial charge in [0, 0.05) is 44.3 Å². The Morgan fingerprint density at radius 1 is 1.26 bits per heavy atom. The molecule has 2 aromatic rings. The summed E-state index contributed by atoms with van der Waals surface area (Å²) < 4.78 is 0. The first-order chi connectivity index (χ1) is 11.0. The third-order valence-electron chi connectivity index (χ3n) is 3.36. The Morgan fingerprint density at radius 3 is 2.52 bits per heavy atom. The Morgan fingerprint density at radius 2 is 1.96 bits per heavy atom. The van der Waals surface area contributed by atoms with E-state index < -0.39 is 0 Å². The van der Waals surface area contributed by atoms with E-state index in [4.69, 9.17) is 5.11 Å². The summed E-state index contributed by atoms with van der Waals surface area (Å²) in [6, 6.07) is 7.31. The Kier molecular flexibility index (Phi) is 5.95. The third-order valence-corrected chi connectivity index (χ3v) is 4.42. The van der Waals surface area contributed by atoms with E-state index in [1.807, 2.05) is 48.5 Å². The molecule has 124 valence electrons. The van der Waals surface area contributed by atoms with Crippen LogP contribution in [0.1, 0.15) is 16.1 Å². The number of hydrogen-bond acceptors (Lipinski definition) is 6. The first kappa shape index (κ1) is 17.2. The van der Waals surface area contributed by atoms with Gasteiger partial charge in [-0.1, -0.05) is 0 Å². The molecule has 1 aromatic carbocycles. The van der Waals surface area contributed by atoms with Crippen LogP contribution in [0.3, 0.4) is 0 Å². The van der Waals surface area contributed by atoms with E-state index in [1.54, 1.807) is 23.5 Å². The van der Waals surface area contributed by atoms with Crippen LogP contribution in [0.5, 0.6) is 0 Å². The van der Waals surface area contributed by atoms with Crippen molar-refractivity contribution < 1.29 is 9.90 Å². The number of nitrogens with zero attached hydrogens (tertiary/aromatic N) is 3. The summed E-state index contributed by atoms with van der Waals surface area (Å²) in [5.41, 5.74) is 2.42. The van der Waals surface area contributed by atoms with Crippen molar-refractivity contribution in [1.29, 1.82) is 0 Å². The van der Waals surface area contributed by atoms with E-state index in [1.165, 1.54) is 0 Å². The van der Waals surface area contributed by atoms with Gasteiger partial charge in [0.05, 0.1) is 18.8 Å². The molecule has 7 heteroatoms. The van der Waals surface area contributed by atoms with Gasteiger partial charge in [0.15, 0.2) is 5.13 Å². The highest BCUT2D eigenvalue weighted by Gasteiger charge is 2.09. The van der Waals surface area contributed by atoms with Gasteiger partial charge in [0.2, 0.25) is 0 Å². The Bertz CT molecular complexity index is 640. The van der Waals surface area contributed by atoms with E-state index in [0.29, 0.717) is 18.7 Å². The fourth-order valence-electron chi connectivity index (χ4n) is 2.00. The maximum absolute atomic E-state index is 12.2. The number of thiazole rings is 1. The van der Waals surface area contributed by atoms with Gasteiger partial charge in [0.1, 0.15) is 0 Å². The first-order valence-corrected chi connectivity index (χ1v) is 8.21. The molecular weight excluding hydrogens is 312 g/mol. The largest absolute Gasteiger partial charge is 0.395 e.